The molecule has 6 heteroatoms. The van der Waals surface area contributed by atoms with Crippen LogP contribution in [0.25, 0.3) is 0 Å². The van der Waals surface area contributed by atoms with Crippen molar-refractivity contribution in [3.05, 3.63) is 17.6 Å². The Hall–Kier alpha value is -1.69. The number of carboxylic acid groups (broad SMARTS) is 1. The second-order valence-electron chi connectivity index (χ2n) is 4.32. The van der Waals surface area contributed by atoms with Gasteiger partial charge in [0.2, 0.25) is 0 Å². The summed E-state index contributed by atoms with van der Waals surface area (Å²) in [6.07, 6.45) is 3.58. The van der Waals surface area contributed by atoms with Crippen LogP contribution in [-0.4, -0.2) is 47.8 Å². The molecular weight excluding hydrogens is 246 g/mol. The van der Waals surface area contributed by atoms with Crippen LogP contribution in [0.15, 0.2) is 6.20 Å². The Labute approximate surface area is 113 Å². The summed E-state index contributed by atoms with van der Waals surface area (Å²) in [5.74, 6) is 0.464. The Morgan fingerprint density at radius 2 is 2.26 bits per heavy atom. The molecule has 0 amide bonds. The molecule has 0 spiro atoms. The molecule has 1 heterocycles. The third kappa shape index (κ3) is 4.82. The summed E-state index contributed by atoms with van der Waals surface area (Å²) in [7, 11) is 1.59. The van der Waals surface area contributed by atoms with Gasteiger partial charge in [-0.05, 0) is 13.3 Å². The van der Waals surface area contributed by atoms with E-state index in [1.807, 2.05) is 0 Å². The molecule has 0 saturated heterocycles. The van der Waals surface area contributed by atoms with Crippen LogP contribution in [0.3, 0.4) is 0 Å². The highest BCUT2D eigenvalue weighted by Gasteiger charge is 2.16. The van der Waals surface area contributed by atoms with Crippen LogP contribution in [0.5, 0.6) is 0 Å². The number of carbonyl (C=O) groups is 1. The summed E-state index contributed by atoms with van der Waals surface area (Å²) in [4.78, 5) is 21.3. The second kappa shape index (κ2) is 7.68. The zero-order chi connectivity index (χ0) is 14.3. The number of ether oxygens (including phenoxy) is 1. The molecule has 106 valence electrons. The standard InChI is InChI=1S/C13H21N3O3/c1-4-5-11-8-14-10(2)15-13(11)16(6-7-19-3)9-12(17)18/h8H,4-7,9H2,1-3H3,(H,17,18). The third-order valence-electron chi connectivity index (χ3n) is 2.67. The van der Waals surface area contributed by atoms with E-state index in [0.29, 0.717) is 24.8 Å². The maximum Gasteiger partial charge on any atom is 0.323 e. The van der Waals surface area contributed by atoms with Crippen molar-refractivity contribution in [3.63, 3.8) is 0 Å². The molecule has 0 aliphatic rings. The molecule has 0 bridgehead atoms. The fourth-order valence-electron chi connectivity index (χ4n) is 1.83. The van der Waals surface area contributed by atoms with Crippen molar-refractivity contribution < 1.29 is 14.6 Å². The highest BCUT2D eigenvalue weighted by molar-refractivity contribution is 5.73. The number of hydrogen-bond donors (Lipinski definition) is 1. The first-order chi connectivity index (χ1) is 9.08. The van der Waals surface area contributed by atoms with Crippen LogP contribution in [0, 0.1) is 6.92 Å². The molecule has 1 aromatic rings. The van der Waals surface area contributed by atoms with E-state index >= 15 is 0 Å². The molecule has 0 aliphatic carbocycles. The number of aryl methyl sites for hydroxylation is 2. The van der Waals surface area contributed by atoms with Gasteiger partial charge in [-0.3, -0.25) is 4.79 Å². The van der Waals surface area contributed by atoms with E-state index in [1.54, 1.807) is 25.1 Å². The summed E-state index contributed by atoms with van der Waals surface area (Å²) < 4.78 is 5.03. The van der Waals surface area contributed by atoms with Gasteiger partial charge < -0.3 is 14.7 Å². The van der Waals surface area contributed by atoms with Crippen LogP contribution in [0.1, 0.15) is 24.7 Å². The molecule has 0 aliphatic heterocycles. The SMILES string of the molecule is CCCc1cnc(C)nc1N(CCOC)CC(=O)O. The van der Waals surface area contributed by atoms with Gasteiger partial charge >= 0.3 is 5.97 Å². The Morgan fingerprint density at radius 1 is 1.53 bits per heavy atom. The van der Waals surface area contributed by atoms with Gasteiger partial charge in [-0.25, -0.2) is 9.97 Å². The molecule has 6 nitrogen and oxygen atoms in total. The number of rotatable bonds is 8. The molecule has 0 fully saturated rings. The molecule has 0 aromatic carbocycles. The second-order valence-corrected chi connectivity index (χ2v) is 4.32. The quantitative estimate of drug-likeness (QED) is 0.764. The predicted octanol–water partition coefficient (Wildman–Crippen LogP) is 1.27. The van der Waals surface area contributed by atoms with Crippen LogP contribution in [-0.2, 0) is 16.0 Å². The van der Waals surface area contributed by atoms with Crippen LogP contribution in [0.4, 0.5) is 5.82 Å². The van der Waals surface area contributed by atoms with Gasteiger partial charge in [-0.1, -0.05) is 13.3 Å². The van der Waals surface area contributed by atoms with Gasteiger partial charge in [-0.2, -0.15) is 0 Å². The number of methoxy groups -OCH3 is 1. The average molecular weight is 267 g/mol. The molecular formula is C13H21N3O3. The monoisotopic (exact) mass is 267 g/mol. The Bertz CT molecular complexity index is 424. The Balaban J connectivity index is 3.03. The van der Waals surface area contributed by atoms with Crippen LogP contribution in [0.2, 0.25) is 0 Å². The van der Waals surface area contributed by atoms with E-state index in [2.05, 4.69) is 16.9 Å². The fraction of sp³-hybridized carbons (Fsp3) is 0.615. The van der Waals surface area contributed by atoms with Crippen molar-refractivity contribution in [2.24, 2.45) is 0 Å². The smallest absolute Gasteiger partial charge is 0.323 e. The highest BCUT2D eigenvalue weighted by atomic mass is 16.5. The number of nitrogens with zero attached hydrogens (tertiary/aromatic N) is 3. The summed E-state index contributed by atoms with van der Waals surface area (Å²) in [5, 5.41) is 9.01. The molecule has 0 atom stereocenters. The summed E-state index contributed by atoms with van der Waals surface area (Å²) in [5.41, 5.74) is 0.977. The predicted molar refractivity (Wildman–Crippen MR) is 72.5 cm³/mol. The first-order valence-corrected chi connectivity index (χ1v) is 6.36. The Morgan fingerprint density at radius 3 is 2.84 bits per heavy atom. The number of carboxylic acids is 1. The van der Waals surface area contributed by atoms with E-state index in [4.69, 9.17) is 9.84 Å². The molecule has 0 saturated carbocycles. The normalized spacial score (nSPS) is 10.5. The van der Waals surface area contributed by atoms with E-state index in [9.17, 15) is 4.79 Å². The highest BCUT2D eigenvalue weighted by Crippen LogP contribution is 2.18. The van der Waals surface area contributed by atoms with Gasteiger partial charge in [0.25, 0.3) is 0 Å². The minimum atomic E-state index is -0.880. The largest absolute Gasteiger partial charge is 0.480 e. The third-order valence-corrected chi connectivity index (χ3v) is 2.67. The molecule has 19 heavy (non-hydrogen) atoms. The maximum absolute atomic E-state index is 11.0. The maximum atomic E-state index is 11.0. The van der Waals surface area contributed by atoms with Gasteiger partial charge in [-0.15, -0.1) is 0 Å². The molecule has 1 aromatic heterocycles. The van der Waals surface area contributed by atoms with Gasteiger partial charge in [0.05, 0.1) is 6.61 Å². The van der Waals surface area contributed by atoms with Gasteiger partial charge in [0, 0.05) is 25.4 Å². The van der Waals surface area contributed by atoms with Crippen molar-refractivity contribution in [1.82, 2.24) is 9.97 Å². The topological polar surface area (TPSA) is 75.5 Å². The van der Waals surface area contributed by atoms with Crippen molar-refractivity contribution in [2.75, 3.05) is 31.7 Å². The number of anilines is 1. The van der Waals surface area contributed by atoms with E-state index in [-0.39, 0.29) is 6.54 Å². The zero-order valence-electron chi connectivity index (χ0n) is 11.7. The number of hydrogen-bond acceptors (Lipinski definition) is 5. The summed E-state index contributed by atoms with van der Waals surface area (Å²) >= 11 is 0. The van der Waals surface area contributed by atoms with Crippen molar-refractivity contribution in [1.29, 1.82) is 0 Å². The fourth-order valence-corrected chi connectivity index (χ4v) is 1.83. The molecule has 1 N–H and O–H groups in total. The lowest BCUT2D eigenvalue weighted by atomic mass is 10.1. The molecule has 1 rings (SSSR count). The molecule has 0 radical (unpaired) electrons. The van der Waals surface area contributed by atoms with E-state index in [0.717, 1.165) is 18.4 Å². The van der Waals surface area contributed by atoms with Crippen LogP contribution >= 0.6 is 0 Å². The lowest BCUT2D eigenvalue weighted by Crippen LogP contribution is -2.34. The van der Waals surface area contributed by atoms with Crippen molar-refractivity contribution in [2.45, 2.75) is 26.7 Å². The van der Waals surface area contributed by atoms with Gasteiger partial charge in [0.15, 0.2) is 0 Å². The van der Waals surface area contributed by atoms with Crippen molar-refractivity contribution >= 4 is 11.8 Å². The first kappa shape index (κ1) is 15.4. The molecule has 0 unspecified atom stereocenters. The lowest BCUT2D eigenvalue weighted by molar-refractivity contribution is -0.135. The van der Waals surface area contributed by atoms with Crippen molar-refractivity contribution in [3.8, 4) is 0 Å². The summed E-state index contributed by atoms with van der Waals surface area (Å²) in [6.45, 7) is 4.74. The Kier molecular flexibility index (Phi) is 6.21. The van der Waals surface area contributed by atoms with E-state index in [1.165, 1.54) is 0 Å². The lowest BCUT2D eigenvalue weighted by Gasteiger charge is -2.24. The minimum absolute atomic E-state index is 0.0868. The zero-order valence-corrected chi connectivity index (χ0v) is 11.7. The first-order valence-electron chi connectivity index (χ1n) is 6.36. The number of aliphatic carboxylic acids is 1. The minimum Gasteiger partial charge on any atom is -0.480 e. The van der Waals surface area contributed by atoms with Crippen LogP contribution < -0.4 is 4.90 Å². The van der Waals surface area contributed by atoms with E-state index < -0.39 is 5.97 Å². The number of aromatic nitrogens is 2. The van der Waals surface area contributed by atoms with Gasteiger partial charge in [0.1, 0.15) is 18.2 Å². The summed E-state index contributed by atoms with van der Waals surface area (Å²) in [6, 6.07) is 0. The average Bonchev–Trinajstić information content (AvgIpc) is 2.36.